The lowest BCUT2D eigenvalue weighted by atomic mass is 9.71. The first-order valence-corrected chi connectivity index (χ1v) is 13.0. The van der Waals surface area contributed by atoms with E-state index in [0.29, 0.717) is 30.6 Å². The third kappa shape index (κ3) is 5.06. The molecule has 0 bridgehead atoms. The summed E-state index contributed by atoms with van der Waals surface area (Å²) in [6, 6.07) is 0. The Kier molecular flexibility index (Phi) is 7.46. The average molecular weight is 422 g/mol. The lowest BCUT2D eigenvalue weighted by molar-refractivity contribution is -0.0428. The highest BCUT2D eigenvalue weighted by atomic mass is 16.3. The van der Waals surface area contributed by atoms with Gasteiger partial charge in [0.15, 0.2) is 0 Å². The number of hydrogen-bond donors (Lipinski definition) is 5. The molecule has 1 saturated heterocycles. The van der Waals surface area contributed by atoms with E-state index in [9.17, 15) is 10.2 Å². The van der Waals surface area contributed by atoms with E-state index in [-0.39, 0.29) is 18.2 Å². The third-order valence-electron chi connectivity index (χ3n) is 9.20. The minimum atomic E-state index is -0.425. The van der Waals surface area contributed by atoms with Crippen molar-refractivity contribution in [2.45, 2.75) is 116 Å². The molecule has 1 aliphatic heterocycles. The smallest absolute Gasteiger partial charge is 0.0649 e. The summed E-state index contributed by atoms with van der Waals surface area (Å²) in [5, 5.41) is 32.7. The van der Waals surface area contributed by atoms with Crippen LogP contribution >= 0.6 is 0 Å². The predicted octanol–water partition coefficient (Wildman–Crippen LogP) is 3.41. The molecular weight excluding hydrogens is 374 g/mol. The predicted molar refractivity (Wildman–Crippen MR) is 121 cm³/mol. The van der Waals surface area contributed by atoms with Crippen molar-refractivity contribution in [3.05, 3.63) is 0 Å². The average Bonchev–Trinajstić information content (AvgIpc) is 2.67. The third-order valence-corrected chi connectivity index (χ3v) is 9.20. The van der Waals surface area contributed by atoms with Crippen LogP contribution in [0.25, 0.3) is 0 Å². The Hall–Kier alpha value is -0.200. The van der Waals surface area contributed by atoms with E-state index in [1.54, 1.807) is 0 Å². The van der Waals surface area contributed by atoms with Crippen molar-refractivity contribution in [3.8, 4) is 0 Å². The zero-order valence-electron chi connectivity index (χ0n) is 19.7. The van der Waals surface area contributed by atoms with Crippen LogP contribution in [0.4, 0.5) is 0 Å². The van der Waals surface area contributed by atoms with Crippen LogP contribution in [0.5, 0.6) is 0 Å². The van der Waals surface area contributed by atoms with Gasteiger partial charge in [0, 0.05) is 5.92 Å². The summed E-state index contributed by atoms with van der Waals surface area (Å²) in [5.74, 6) is 4.60. The Morgan fingerprint density at radius 1 is 0.533 bits per heavy atom. The fourth-order valence-corrected chi connectivity index (χ4v) is 7.37. The molecule has 0 aromatic carbocycles. The van der Waals surface area contributed by atoms with Crippen molar-refractivity contribution in [3.63, 3.8) is 0 Å². The van der Waals surface area contributed by atoms with Crippen LogP contribution in [0.3, 0.4) is 0 Å². The summed E-state index contributed by atoms with van der Waals surface area (Å²) in [6.45, 7) is 9.67. The maximum Gasteiger partial charge on any atom is 0.0649 e. The van der Waals surface area contributed by atoms with Gasteiger partial charge in [-0.1, -0.05) is 40.5 Å². The van der Waals surface area contributed by atoms with Crippen molar-refractivity contribution in [1.29, 1.82) is 0 Å². The second-order valence-corrected chi connectivity index (χ2v) is 11.7. The lowest BCUT2D eigenvalue weighted by Crippen LogP contribution is -2.74. The largest absolute Gasteiger partial charge is 0.393 e. The van der Waals surface area contributed by atoms with Crippen LogP contribution in [0, 0.1) is 41.4 Å². The number of aliphatic hydroxyl groups is 2. The highest BCUT2D eigenvalue weighted by Crippen LogP contribution is 2.39. The molecule has 4 fully saturated rings. The Bertz CT molecular complexity index is 478. The van der Waals surface area contributed by atoms with Crippen LogP contribution in [0.2, 0.25) is 0 Å². The van der Waals surface area contributed by atoms with E-state index >= 15 is 0 Å². The molecule has 0 aromatic heterocycles. The Balaban J connectivity index is 1.51. The normalized spacial score (nSPS) is 53.4. The highest BCUT2D eigenvalue weighted by molar-refractivity contribution is 4.98. The lowest BCUT2D eigenvalue weighted by Gasteiger charge is -2.52. The van der Waals surface area contributed by atoms with Gasteiger partial charge < -0.3 is 10.2 Å². The van der Waals surface area contributed by atoms with Crippen molar-refractivity contribution < 1.29 is 10.2 Å². The molecule has 0 radical (unpaired) electrons. The van der Waals surface area contributed by atoms with Gasteiger partial charge in [0.05, 0.1) is 30.7 Å². The molecule has 30 heavy (non-hydrogen) atoms. The quantitative estimate of drug-likeness (QED) is 0.483. The summed E-state index contributed by atoms with van der Waals surface area (Å²) < 4.78 is 0. The van der Waals surface area contributed by atoms with E-state index in [1.807, 2.05) is 0 Å². The molecule has 5 N–H and O–H groups in total. The van der Waals surface area contributed by atoms with Crippen LogP contribution in [0.1, 0.15) is 85.5 Å². The molecule has 3 saturated carbocycles. The van der Waals surface area contributed by atoms with Crippen molar-refractivity contribution in [2.24, 2.45) is 41.4 Å². The van der Waals surface area contributed by atoms with E-state index in [2.05, 4.69) is 43.6 Å². The fraction of sp³-hybridized carbons (Fsp3) is 1.00. The van der Waals surface area contributed by atoms with Gasteiger partial charge in [0.2, 0.25) is 0 Å². The molecule has 0 amide bonds. The molecule has 174 valence electrons. The molecule has 4 aliphatic rings. The number of hydrogen-bond acceptors (Lipinski definition) is 5. The second kappa shape index (κ2) is 9.74. The van der Waals surface area contributed by atoms with Gasteiger partial charge >= 0.3 is 0 Å². The summed E-state index contributed by atoms with van der Waals surface area (Å²) in [6.07, 6.45) is 10.1. The van der Waals surface area contributed by atoms with E-state index < -0.39 is 6.10 Å². The van der Waals surface area contributed by atoms with Gasteiger partial charge in [-0.2, -0.15) is 0 Å². The molecule has 0 aromatic rings. The SMILES string of the molecule is CC1CCC(C2NC(C3CCC(C)CC3C)NC(C3CCC(O)CC3O)N2)C(C)C1. The Labute approximate surface area is 184 Å². The Morgan fingerprint density at radius 3 is 1.40 bits per heavy atom. The first-order valence-electron chi connectivity index (χ1n) is 13.0. The summed E-state index contributed by atoms with van der Waals surface area (Å²) in [4.78, 5) is 0. The molecule has 3 aliphatic carbocycles. The summed E-state index contributed by atoms with van der Waals surface area (Å²) >= 11 is 0. The number of nitrogens with one attached hydrogen (secondary N) is 3. The summed E-state index contributed by atoms with van der Waals surface area (Å²) in [7, 11) is 0. The fourth-order valence-electron chi connectivity index (χ4n) is 7.37. The molecule has 11 atom stereocenters. The first-order chi connectivity index (χ1) is 14.3. The molecule has 5 nitrogen and oxygen atoms in total. The molecular formula is C25H47N3O2. The molecule has 5 heteroatoms. The Morgan fingerprint density at radius 2 is 0.967 bits per heavy atom. The maximum atomic E-state index is 10.8. The number of rotatable bonds is 3. The van der Waals surface area contributed by atoms with E-state index in [1.165, 1.54) is 38.5 Å². The number of aliphatic hydroxyl groups excluding tert-OH is 2. The van der Waals surface area contributed by atoms with Crippen molar-refractivity contribution >= 4 is 0 Å². The monoisotopic (exact) mass is 421 g/mol. The summed E-state index contributed by atoms with van der Waals surface area (Å²) in [5.41, 5.74) is 0. The minimum Gasteiger partial charge on any atom is -0.393 e. The van der Waals surface area contributed by atoms with Gasteiger partial charge in [-0.15, -0.1) is 0 Å². The van der Waals surface area contributed by atoms with Crippen LogP contribution < -0.4 is 16.0 Å². The van der Waals surface area contributed by atoms with Gasteiger partial charge in [-0.25, -0.2) is 0 Å². The standard InChI is InChI=1S/C25H47N3O2/c1-14-5-8-19(16(3)11-14)23-26-24(20-9-6-15(2)12-17(20)4)28-25(27-23)21-10-7-18(29)13-22(21)30/h14-30H,5-13H2,1-4H3. The van der Waals surface area contributed by atoms with Crippen LogP contribution in [-0.2, 0) is 0 Å². The zero-order valence-corrected chi connectivity index (χ0v) is 19.7. The maximum absolute atomic E-state index is 10.8. The molecule has 0 spiro atoms. The highest BCUT2D eigenvalue weighted by Gasteiger charge is 2.44. The topological polar surface area (TPSA) is 76.5 Å². The van der Waals surface area contributed by atoms with E-state index in [0.717, 1.165) is 36.5 Å². The minimum absolute atomic E-state index is 0.127. The van der Waals surface area contributed by atoms with Gasteiger partial charge in [-0.05, 0) is 80.5 Å². The van der Waals surface area contributed by atoms with Crippen LogP contribution in [-0.4, -0.2) is 40.9 Å². The second-order valence-electron chi connectivity index (χ2n) is 11.7. The van der Waals surface area contributed by atoms with E-state index in [4.69, 9.17) is 0 Å². The molecule has 11 unspecified atom stereocenters. The van der Waals surface area contributed by atoms with Crippen molar-refractivity contribution in [1.82, 2.24) is 16.0 Å². The zero-order chi connectivity index (χ0) is 21.4. The van der Waals surface area contributed by atoms with Crippen LogP contribution in [0.15, 0.2) is 0 Å². The van der Waals surface area contributed by atoms with Crippen molar-refractivity contribution in [2.75, 3.05) is 0 Å². The molecule has 1 heterocycles. The van der Waals surface area contributed by atoms with Gasteiger partial charge in [-0.3, -0.25) is 16.0 Å². The van der Waals surface area contributed by atoms with Gasteiger partial charge in [0.1, 0.15) is 0 Å². The first kappa shape index (κ1) is 23.0. The molecule has 4 rings (SSSR count). The van der Waals surface area contributed by atoms with Gasteiger partial charge in [0.25, 0.3) is 0 Å².